The molecule has 28 heavy (non-hydrogen) atoms. The molecule has 0 bridgehead atoms. The minimum Gasteiger partial charge on any atom is -0.465 e. The van der Waals surface area contributed by atoms with E-state index >= 15 is 0 Å². The number of nitrogen functional groups attached to an aromatic ring is 1. The number of rotatable bonds is 5. The van der Waals surface area contributed by atoms with Crippen LogP contribution in [-0.2, 0) is 9.47 Å². The summed E-state index contributed by atoms with van der Waals surface area (Å²) in [5, 5.41) is 2.21. The molecule has 3 N–H and O–H groups in total. The lowest BCUT2D eigenvalue weighted by molar-refractivity contribution is 0.0600. The number of anilines is 2. The molecule has 0 unspecified atom stereocenters. The van der Waals surface area contributed by atoms with Crippen LogP contribution in [0.4, 0.5) is 20.6 Å². The van der Waals surface area contributed by atoms with Gasteiger partial charge in [-0.2, -0.15) is 0 Å². The molecular formula is C17H14Cl3FN2O4S. The van der Waals surface area contributed by atoms with Crippen LogP contribution in [0.3, 0.4) is 0 Å². The second kappa shape index (κ2) is 9.56. The first-order valence-electron chi connectivity index (χ1n) is 7.55. The maximum atomic E-state index is 14.2. The maximum Gasteiger partial charge on any atom is 0.411 e. The van der Waals surface area contributed by atoms with Crippen molar-refractivity contribution in [3.8, 4) is 0 Å². The van der Waals surface area contributed by atoms with Gasteiger partial charge in [-0.25, -0.2) is 14.0 Å². The van der Waals surface area contributed by atoms with Gasteiger partial charge in [0.25, 0.3) is 0 Å². The monoisotopic (exact) mass is 466 g/mol. The molecule has 0 fully saturated rings. The average Bonchev–Trinajstić information content (AvgIpc) is 2.62. The predicted molar refractivity (Wildman–Crippen MR) is 108 cm³/mol. The van der Waals surface area contributed by atoms with Crippen LogP contribution in [0.2, 0.25) is 0 Å². The van der Waals surface area contributed by atoms with Gasteiger partial charge in [0.05, 0.1) is 18.4 Å². The van der Waals surface area contributed by atoms with E-state index in [2.05, 4.69) is 14.8 Å². The summed E-state index contributed by atoms with van der Waals surface area (Å²) in [5.41, 5.74) is 6.48. The van der Waals surface area contributed by atoms with Crippen molar-refractivity contribution in [2.45, 2.75) is 13.6 Å². The highest BCUT2D eigenvalue weighted by molar-refractivity contribution is 7.99. The fourth-order valence-corrected chi connectivity index (χ4v) is 3.00. The summed E-state index contributed by atoms with van der Waals surface area (Å²) in [4.78, 5) is 24.3. The van der Waals surface area contributed by atoms with Crippen LogP contribution in [0.15, 0.2) is 46.2 Å². The molecule has 2 aromatic rings. The number of halogens is 4. The molecule has 0 heterocycles. The van der Waals surface area contributed by atoms with Crippen LogP contribution in [0.1, 0.15) is 10.4 Å². The summed E-state index contributed by atoms with van der Waals surface area (Å²) in [7, 11) is 1.27. The van der Waals surface area contributed by atoms with E-state index in [1.165, 1.54) is 37.1 Å². The number of ether oxygens (including phenoxy) is 2. The average molecular weight is 468 g/mol. The van der Waals surface area contributed by atoms with Crippen LogP contribution in [0.25, 0.3) is 0 Å². The lowest BCUT2D eigenvalue weighted by atomic mass is 10.2. The SMILES string of the molecule is COC(=O)c1ccc(Sc2ccc(NC(=O)OCC(Cl)(Cl)Cl)c(F)c2)c(N)c1. The largest absolute Gasteiger partial charge is 0.465 e. The minimum absolute atomic E-state index is 0.104. The van der Waals surface area contributed by atoms with Gasteiger partial charge in [0, 0.05) is 15.5 Å². The van der Waals surface area contributed by atoms with Crippen molar-refractivity contribution in [1.82, 2.24) is 0 Å². The summed E-state index contributed by atoms with van der Waals surface area (Å²) in [6.45, 7) is -0.486. The number of carbonyl (C=O) groups excluding carboxylic acids is 2. The van der Waals surface area contributed by atoms with Crippen molar-refractivity contribution in [2.24, 2.45) is 0 Å². The number of carbonyl (C=O) groups is 2. The Kier molecular flexibility index (Phi) is 7.65. The van der Waals surface area contributed by atoms with Gasteiger partial charge in [-0.05, 0) is 36.4 Å². The van der Waals surface area contributed by atoms with Crippen molar-refractivity contribution in [1.29, 1.82) is 0 Å². The highest BCUT2D eigenvalue weighted by atomic mass is 35.6. The third kappa shape index (κ3) is 6.63. The number of methoxy groups -OCH3 is 1. The fraction of sp³-hybridized carbons (Fsp3) is 0.176. The van der Waals surface area contributed by atoms with E-state index in [4.69, 9.17) is 40.5 Å². The quantitative estimate of drug-likeness (QED) is 0.354. The van der Waals surface area contributed by atoms with Crippen LogP contribution in [0.5, 0.6) is 0 Å². The van der Waals surface area contributed by atoms with Crippen LogP contribution >= 0.6 is 46.6 Å². The third-order valence-corrected chi connectivity index (χ3v) is 4.61. The summed E-state index contributed by atoms with van der Waals surface area (Å²) in [6, 6.07) is 8.80. The molecular weight excluding hydrogens is 454 g/mol. The molecule has 0 spiro atoms. The Balaban J connectivity index is 2.06. The van der Waals surface area contributed by atoms with E-state index in [-0.39, 0.29) is 5.69 Å². The summed E-state index contributed by atoms with van der Waals surface area (Å²) < 4.78 is 21.8. The van der Waals surface area contributed by atoms with Gasteiger partial charge in [0.1, 0.15) is 12.4 Å². The van der Waals surface area contributed by atoms with Crippen molar-refractivity contribution >= 4 is 70.0 Å². The van der Waals surface area contributed by atoms with Gasteiger partial charge >= 0.3 is 12.1 Å². The van der Waals surface area contributed by atoms with Crippen LogP contribution in [0, 0.1) is 5.82 Å². The molecule has 0 saturated carbocycles. The summed E-state index contributed by atoms with van der Waals surface area (Å²) in [6.07, 6.45) is -0.965. The standard InChI is InChI=1S/C17H14Cl3FN2O4S/c1-26-15(24)9-2-5-14(12(22)6-9)28-10-3-4-13(11(21)7-10)23-16(25)27-8-17(18,19)20/h2-7H,8,22H2,1H3,(H,23,25). The second-order valence-electron chi connectivity index (χ2n) is 5.30. The lowest BCUT2D eigenvalue weighted by Crippen LogP contribution is -2.21. The van der Waals surface area contributed by atoms with Crippen molar-refractivity contribution in [2.75, 3.05) is 24.8 Å². The van der Waals surface area contributed by atoms with Crippen molar-refractivity contribution in [3.05, 3.63) is 47.8 Å². The van der Waals surface area contributed by atoms with Crippen LogP contribution in [-0.4, -0.2) is 29.6 Å². The van der Waals surface area contributed by atoms with E-state index in [0.29, 0.717) is 21.0 Å². The van der Waals surface area contributed by atoms with Gasteiger partial charge in [-0.15, -0.1) is 0 Å². The number of hydrogen-bond acceptors (Lipinski definition) is 6. The number of nitrogens with two attached hydrogens (primary N) is 1. The zero-order valence-electron chi connectivity index (χ0n) is 14.3. The zero-order chi connectivity index (χ0) is 20.9. The highest BCUT2D eigenvalue weighted by Gasteiger charge is 2.22. The Morgan fingerprint density at radius 2 is 1.93 bits per heavy atom. The normalized spacial score (nSPS) is 11.0. The van der Waals surface area contributed by atoms with E-state index in [1.807, 2.05) is 0 Å². The Morgan fingerprint density at radius 1 is 1.21 bits per heavy atom. The number of nitrogens with one attached hydrogen (secondary N) is 1. The van der Waals surface area contributed by atoms with E-state index < -0.39 is 28.3 Å². The maximum absolute atomic E-state index is 14.2. The molecule has 0 aromatic heterocycles. The molecule has 2 aromatic carbocycles. The number of hydrogen-bond donors (Lipinski definition) is 2. The molecule has 0 radical (unpaired) electrons. The second-order valence-corrected chi connectivity index (χ2v) is 8.94. The number of amides is 1. The molecule has 6 nitrogen and oxygen atoms in total. The van der Waals surface area contributed by atoms with Crippen molar-refractivity contribution < 1.29 is 23.5 Å². The molecule has 0 aliphatic heterocycles. The molecule has 0 saturated heterocycles. The molecule has 0 aliphatic carbocycles. The van der Waals surface area contributed by atoms with Gasteiger partial charge in [0.2, 0.25) is 3.79 Å². The van der Waals surface area contributed by atoms with Gasteiger partial charge in [0.15, 0.2) is 0 Å². The minimum atomic E-state index is -1.76. The number of benzene rings is 2. The first kappa shape index (κ1) is 22.4. The summed E-state index contributed by atoms with van der Waals surface area (Å²) >= 11 is 17.6. The molecule has 0 atom stereocenters. The van der Waals surface area contributed by atoms with E-state index in [0.717, 1.165) is 0 Å². The Labute approximate surface area is 179 Å². The Bertz CT molecular complexity index is 893. The topological polar surface area (TPSA) is 90.6 Å². The molecule has 11 heteroatoms. The third-order valence-electron chi connectivity index (χ3n) is 3.20. The molecule has 2 rings (SSSR count). The number of alkyl halides is 3. The molecule has 1 amide bonds. The van der Waals surface area contributed by atoms with Crippen molar-refractivity contribution in [3.63, 3.8) is 0 Å². The van der Waals surface area contributed by atoms with E-state index in [9.17, 15) is 14.0 Å². The predicted octanol–water partition coefficient (Wildman–Crippen LogP) is 5.26. The van der Waals surface area contributed by atoms with Gasteiger partial charge < -0.3 is 15.2 Å². The zero-order valence-corrected chi connectivity index (χ0v) is 17.4. The van der Waals surface area contributed by atoms with Gasteiger partial charge in [-0.1, -0.05) is 46.6 Å². The fourth-order valence-electron chi connectivity index (χ4n) is 1.97. The Hall–Kier alpha value is -1.87. The Morgan fingerprint density at radius 3 is 2.50 bits per heavy atom. The molecule has 0 aliphatic rings. The van der Waals surface area contributed by atoms with Crippen LogP contribution < -0.4 is 11.1 Å². The first-order valence-corrected chi connectivity index (χ1v) is 9.50. The summed E-state index contributed by atoms with van der Waals surface area (Å²) in [5.74, 6) is -1.20. The molecule has 150 valence electrons. The van der Waals surface area contributed by atoms with E-state index in [1.54, 1.807) is 18.2 Å². The highest BCUT2D eigenvalue weighted by Crippen LogP contribution is 2.34. The number of esters is 1. The van der Waals surface area contributed by atoms with Gasteiger partial charge in [-0.3, -0.25) is 5.32 Å². The smallest absolute Gasteiger partial charge is 0.411 e. The lowest BCUT2D eigenvalue weighted by Gasteiger charge is -2.13. The first-order chi connectivity index (χ1) is 13.1.